The Morgan fingerprint density at radius 1 is 0.950 bits per heavy atom. The van der Waals surface area contributed by atoms with Gasteiger partial charge in [0.1, 0.15) is 11.5 Å². The van der Waals surface area contributed by atoms with Crippen LogP contribution in [0.25, 0.3) is 11.1 Å². The Kier molecular flexibility index (Phi) is 4.53. The normalized spacial score (nSPS) is 12.1. The van der Waals surface area contributed by atoms with Gasteiger partial charge in [0, 0.05) is 22.2 Å². The number of hydrogen-bond acceptors (Lipinski definition) is 3. The van der Waals surface area contributed by atoms with Gasteiger partial charge in [-0.2, -0.15) is 0 Å². The molecular weight excluding hydrogens is 274 g/mol. The Hall–Kier alpha value is -1.71. The highest BCUT2D eigenvalue weighted by Crippen LogP contribution is 2.39. The monoisotopic (exact) mass is 291 g/mol. The zero-order valence-electron chi connectivity index (χ0n) is 11.8. The molecular formula is C16H18ClNO2. The van der Waals surface area contributed by atoms with E-state index in [4.69, 9.17) is 26.8 Å². The van der Waals surface area contributed by atoms with Crippen LogP contribution in [0.5, 0.6) is 11.5 Å². The zero-order chi connectivity index (χ0) is 14.7. The molecule has 2 rings (SSSR count). The van der Waals surface area contributed by atoms with Crippen molar-refractivity contribution in [3.05, 3.63) is 47.0 Å². The van der Waals surface area contributed by atoms with Crippen LogP contribution < -0.4 is 15.2 Å². The van der Waals surface area contributed by atoms with Crippen molar-refractivity contribution in [3.8, 4) is 22.6 Å². The molecule has 0 aliphatic rings. The van der Waals surface area contributed by atoms with Crippen molar-refractivity contribution in [1.29, 1.82) is 0 Å². The van der Waals surface area contributed by atoms with Crippen molar-refractivity contribution in [2.75, 3.05) is 14.2 Å². The first-order valence-corrected chi connectivity index (χ1v) is 6.72. The molecule has 1 atom stereocenters. The Morgan fingerprint density at radius 2 is 1.50 bits per heavy atom. The van der Waals surface area contributed by atoms with Gasteiger partial charge in [-0.3, -0.25) is 0 Å². The zero-order valence-corrected chi connectivity index (χ0v) is 12.6. The van der Waals surface area contributed by atoms with Gasteiger partial charge in [0.15, 0.2) is 0 Å². The first kappa shape index (κ1) is 14.7. The SMILES string of the molecule is COc1ccc(Cl)cc1-c1cc(C(C)N)ccc1OC. The minimum Gasteiger partial charge on any atom is -0.496 e. The predicted molar refractivity (Wildman–Crippen MR) is 82.6 cm³/mol. The molecule has 2 aromatic carbocycles. The van der Waals surface area contributed by atoms with Crippen molar-refractivity contribution in [3.63, 3.8) is 0 Å². The number of ether oxygens (including phenoxy) is 2. The molecule has 20 heavy (non-hydrogen) atoms. The van der Waals surface area contributed by atoms with Crippen molar-refractivity contribution in [1.82, 2.24) is 0 Å². The lowest BCUT2D eigenvalue weighted by molar-refractivity contribution is 0.410. The molecule has 0 amide bonds. The lowest BCUT2D eigenvalue weighted by Gasteiger charge is -2.15. The smallest absolute Gasteiger partial charge is 0.126 e. The van der Waals surface area contributed by atoms with Crippen molar-refractivity contribution in [2.45, 2.75) is 13.0 Å². The highest BCUT2D eigenvalue weighted by molar-refractivity contribution is 6.31. The van der Waals surface area contributed by atoms with Gasteiger partial charge in [-0.1, -0.05) is 17.7 Å². The molecule has 2 N–H and O–H groups in total. The second-order valence-electron chi connectivity index (χ2n) is 4.59. The van der Waals surface area contributed by atoms with E-state index in [9.17, 15) is 0 Å². The van der Waals surface area contributed by atoms with Gasteiger partial charge in [-0.15, -0.1) is 0 Å². The van der Waals surface area contributed by atoms with E-state index < -0.39 is 0 Å². The molecule has 4 heteroatoms. The molecule has 0 saturated carbocycles. The highest BCUT2D eigenvalue weighted by atomic mass is 35.5. The average Bonchev–Trinajstić information content (AvgIpc) is 2.46. The maximum absolute atomic E-state index is 6.10. The molecule has 0 bridgehead atoms. The largest absolute Gasteiger partial charge is 0.496 e. The van der Waals surface area contributed by atoms with E-state index in [1.54, 1.807) is 20.3 Å². The van der Waals surface area contributed by atoms with Crippen LogP contribution >= 0.6 is 11.6 Å². The Morgan fingerprint density at radius 3 is 2.05 bits per heavy atom. The van der Waals surface area contributed by atoms with Crippen LogP contribution in [0, 0.1) is 0 Å². The van der Waals surface area contributed by atoms with Crippen LogP contribution in [-0.2, 0) is 0 Å². The Balaban J connectivity index is 2.66. The van der Waals surface area contributed by atoms with Crippen LogP contribution in [0.4, 0.5) is 0 Å². The van der Waals surface area contributed by atoms with E-state index >= 15 is 0 Å². The number of nitrogens with two attached hydrogens (primary N) is 1. The molecule has 1 unspecified atom stereocenters. The van der Waals surface area contributed by atoms with Gasteiger partial charge in [0.25, 0.3) is 0 Å². The van der Waals surface area contributed by atoms with Crippen LogP contribution in [-0.4, -0.2) is 14.2 Å². The summed E-state index contributed by atoms with van der Waals surface area (Å²) in [5, 5.41) is 0.647. The molecule has 106 valence electrons. The van der Waals surface area contributed by atoms with Crippen molar-refractivity contribution < 1.29 is 9.47 Å². The molecule has 0 aromatic heterocycles. The summed E-state index contributed by atoms with van der Waals surface area (Å²) in [6.07, 6.45) is 0. The van der Waals surface area contributed by atoms with E-state index in [1.807, 2.05) is 37.3 Å². The quantitative estimate of drug-likeness (QED) is 0.924. The summed E-state index contributed by atoms with van der Waals surface area (Å²) >= 11 is 6.10. The third-order valence-electron chi connectivity index (χ3n) is 3.20. The first-order valence-electron chi connectivity index (χ1n) is 6.34. The van der Waals surface area contributed by atoms with Crippen LogP contribution in [0.15, 0.2) is 36.4 Å². The summed E-state index contributed by atoms with van der Waals surface area (Å²) in [4.78, 5) is 0. The fourth-order valence-corrected chi connectivity index (χ4v) is 2.28. The predicted octanol–water partition coefficient (Wildman–Crippen LogP) is 4.04. The minimum absolute atomic E-state index is 0.0511. The maximum atomic E-state index is 6.10. The third-order valence-corrected chi connectivity index (χ3v) is 3.44. The lowest BCUT2D eigenvalue weighted by Crippen LogP contribution is -2.05. The third kappa shape index (κ3) is 2.89. The number of hydrogen-bond donors (Lipinski definition) is 1. The Labute approximate surface area is 124 Å². The number of rotatable bonds is 4. The van der Waals surface area contributed by atoms with Gasteiger partial charge in [-0.25, -0.2) is 0 Å². The summed E-state index contributed by atoms with van der Waals surface area (Å²) in [6.45, 7) is 1.95. The lowest BCUT2D eigenvalue weighted by atomic mass is 9.98. The topological polar surface area (TPSA) is 44.5 Å². The van der Waals surface area contributed by atoms with Gasteiger partial charge in [-0.05, 0) is 42.8 Å². The molecule has 0 aliphatic heterocycles. The molecule has 0 heterocycles. The Bertz CT molecular complexity index is 611. The summed E-state index contributed by atoms with van der Waals surface area (Å²) in [5.41, 5.74) is 8.79. The number of benzene rings is 2. The standard InChI is InChI=1S/C16H18ClNO2/c1-10(18)11-4-6-15(19-2)13(8-11)14-9-12(17)5-7-16(14)20-3/h4-10H,18H2,1-3H3. The fraction of sp³-hybridized carbons (Fsp3) is 0.250. The molecule has 0 fully saturated rings. The van der Waals surface area contributed by atoms with E-state index in [0.717, 1.165) is 28.2 Å². The molecule has 0 radical (unpaired) electrons. The van der Waals surface area contributed by atoms with Crippen LogP contribution in [0.3, 0.4) is 0 Å². The van der Waals surface area contributed by atoms with Crippen LogP contribution in [0.2, 0.25) is 5.02 Å². The molecule has 3 nitrogen and oxygen atoms in total. The maximum Gasteiger partial charge on any atom is 0.126 e. The second kappa shape index (κ2) is 6.16. The van der Waals surface area contributed by atoms with Crippen molar-refractivity contribution in [2.24, 2.45) is 5.73 Å². The minimum atomic E-state index is -0.0511. The van der Waals surface area contributed by atoms with Crippen LogP contribution in [0.1, 0.15) is 18.5 Å². The summed E-state index contributed by atoms with van der Waals surface area (Å²) < 4.78 is 10.8. The molecule has 0 spiro atoms. The van der Waals surface area contributed by atoms with E-state index in [2.05, 4.69) is 0 Å². The summed E-state index contributed by atoms with van der Waals surface area (Å²) in [7, 11) is 3.27. The highest BCUT2D eigenvalue weighted by Gasteiger charge is 2.13. The van der Waals surface area contributed by atoms with E-state index in [1.165, 1.54) is 0 Å². The second-order valence-corrected chi connectivity index (χ2v) is 5.03. The van der Waals surface area contributed by atoms with Gasteiger partial charge >= 0.3 is 0 Å². The fourth-order valence-electron chi connectivity index (χ4n) is 2.11. The number of halogens is 1. The van der Waals surface area contributed by atoms with Gasteiger partial charge in [0.05, 0.1) is 14.2 Å². The summed E-state index contributed by atoms with van der Waals surface area (Å²) in [5.74, 6) is 1.50. The van der Waals surface area contributed by atoms with Gasteiger partial charge < -0.3 is 15.2 Å². The molecule has 0 saturated heterocycles. The summed E-state index contributed by atoms with van der Waals surface area (Å²) in [6, 6.07) is 11.3. The van der Waals surface area contributed by atoms with Crippen molar-refractivity contribution >= 4 is 11.6 Å². The average molecular weight is 292 g/mol. The van der Waals surface area contributed by atoms with E-state index in [-0.39, 0.29) is 6.04 Å². The van der Waals surface area contributed by atoms with E-state index in [0.29, 0.717) is 5.02 Å². The first-order chi connectivity index (χ1) is 9.56. The molecule has 0 aliphatic carbocycles. The van der Waals surface area contributed by atoms with Gasteiger partial charge in [0.2, 0.25) is 0 Å². The number of methoxy groups -OCH3 is 2. The molecule has 2 aromatic rings.